The summed E-state index contributed by atoms with van der Waals surface area (Å²) in [6.07, 6.45) is 4.80. The second-order valence-corrected chi connectivity index (χ2v) is 4.88. The van der Waals surface area contributed by atoms with Gasteiger partial charge in [-0.25, -0.2) is 9.29 Å². The van der Waals surface area contributed by atoms with Gasteiger partial charge in [0.2, 0.25) is 5.91 Å². The molecule has 1 aromatic heterocycles. The highest BCUT2D eigenvalue weighted by Gasteiger charge is 2.27. The van der Waals surface area contributed by atoms with E-state index in [4.69, 9.17) is 5.73 Å². The Bertz CT molecular complexity index is 358. The number of amides is 1. The van der Waals surface area contributed by atoms with Crippen LogP contribution < -0.4 is 5.73 Å². The second-order valence-electron chi connectivity index (χ2n) is 3.81. The highest BCUT2D eigenvalue weighted by molar-refractivity contribution is 7.97. The van der Waals surface area contributed by atoms with Gasteiger partial charge in [-0.05, 0) is 36.9 Å². The van der Waals surface area contributed by atoms with E-state index in [0.29, 0.717) is 0 Å². The summed E-state index contributed by atoms with van der Waals surface area (Å²) in [7, 11) is 0. The summed E-state index contributed by atoms with van der Waals surface area (Å²) in [4.78, 5) is 15.5. The van der Waals surface area contributed by atoms with E-state index in [1.165, 1.54) is 11.9 Å². The van der Waals surface area contributed by atoms with Crippen LogP contribution in [0.2, 0.25) is 0 Å². The third kappa shape index (κ3) is 2.74. The van der Waals surface area contributed by atoms with Crippen molar-refractivity contribution in [2.75, 3.05) is 6.54 Å². The molecule has 86 valence electrons. The number of nitrogens with two attached hydrogens (primary N) is 1. The van der Waals surface area contributed by atoms with Gasteiger partial charge < -0.3 is 5.73 Å². The van der Waals surface area contributed by atoms with Gasteiger partial charge in [-0.3, -0.25) is 4.79 Å². The van der Waals surface area contributed by atoms with E-state index in [0.717, 1.165) is 30.8 Å². The number of pyridine rings is 1. The van der Waals surface area contributed by atoms with Crippen LogP contribution in [-0.4, -0.2) is 27.8 Å². The topological polar surface area (TPSA) is 59.2 Å². The van der Waals surface area contributed by atoms with Crippen LogP contribution in [0.4, 0.5) is 0 Å². The second kappa shape index (κ2) is 5.32. The van der Waals surface area contributed by atoms with E-state index in [9.17, 15) is 4.79 Å². The molecule has 2 heterocycles. The van der Waals surface area contributed by atoms with Gasteiger partial charge >= 0.3 is 0 Å². The third-order valence-electron chi connectivity index (χ3n) is 2.63. The van der Waals surface area contributed by atoms with Crippen LogP contribution in [0.5, 0.6) is 0 Å². The van der Waals surface area contributed by atoms with Gasteiger partial charge in [-0.2, -0.15) is 0 Å². The quantitative estimate of drug-likeness (QED) is 0.808. The lowest BCUT2D eigenvalue weighted by molar-refractivity contribution is -0.122. The van der Waals surface area contributed by atoms with E-state index in [-0.39, 0.29) is 11.9 Å². The predicted octanol–water partition coefficient (Wildman–Crippen LogP) is 1.43. The number of rotatable bonds is 3. The summed E-state index contributed by atoms with van der Waals surface area (Å²) in [5.74, 6) is -0.233. The summed E-state index contributed by atoms with van der Waals surface area (Å²) >= 11 is 1.52. The number of carbonyl (C=O) groups is 1. The van der Waals surface area contributed by atoms with Crippen molar-refractivity contribution in [3.8, 4) is 0 Å². The molecular weight excluding hydrogens is 222 g/mol. The summed E-state index contributed by atoms with van der Waals surface area (Å²) in [5.41, 5.74) is 5.40. The van der Waals surface area contributed by atoms with Gasteiger partial charge in [-0.15, -0.1) is 0 Å². The van der Waals surface area contributed by atoms with Gasteiger partial charge in [0.1, 0.15) is 5.03 Å². The number of hydrogen-bond donors (Lipinski definition) is 1. The molecule has 0 spiro atoms. The molecule has 16 heavy (non-hydrogen) atoms. The fourth-order valence-electron chi connectivity index (χ4n) is 1.82. The molecule has 0 saturated carbocycles. The zero-order valence-electron chi connectivity index (χ0n) is 9.00. The first-order chi connectivity index (χ1) is 7.77. The highest BCUT2D eigenvalue weighted by atomic mass is 32.2. The molecule has 1 aliphatic heterocycles. The molecule has 5 heteroatoms. The molecule has 0 bridgehead atoms. The molecule has 2 rings (SSSR count). The van der Waals surface area contributed by atoms with Gasteiger partial charge in [0.15, 0.2) is 0 Å². The summed E-state index contributed by atoms with van der Waals surface area (Å²) in [6.45, 7) is 0.898. The van der Waals surface area contributed by atoms with Crippen LogP contribution in [0.3, 0.4) is 0 Å². The van der Waals surface area contributed by atoms with E-state index < -0.39 is 0 Å². The van der Waals surface area contributed by atoms with Crippen molar-refractivity contribution in [2.45, 2.75) is 30.3 Å². The maximum absolute atomic E-state index is 11.3. The molecule has 0 aromatic carbocycles. The van der Waals surface area contributed by atoms with Crippen molar-refractivity contribution in [1.29, 1.82) is 0 Å². The molecule has 0 aliphatic carbocycles. The fourth-order valence-corrected chi connectivity index (χ4v) is 2.86. The zero-order valence-corrected chi connectivity index (χ0v) is 9.82. The predicted molar refractivity (Wildman–Crippen MR) is 63.6 cm³/mol. The van der Waals surface area contributed by atoms with Crippen LogP contribution in [0.15, 0.2) is 29.4 Å². The lowest BCUT2D eigenvalue weighted by Crippen LogP contribution is -2.43. The van der Waals surface area contributed by atoms with Crippen molar-refractivity contribution >= 4 is 17.9 Å². The lowest BCUT2D eigenvalue weighted by Gasteiger charge is -2.31. The Morgan fingerprint density at radius 3 is 3.06 bits per heavy atom. The van der Waals surface area contributed by atoms with Gasteiger partial charge in [0.25, 0.3) is 0 Å². The monoisotopic (exact) mass is 237 g/mol. The van der Waals surface area contributed by atoms with Crippen LogP contribution >= 0.6 is 11.9 Å². The maximum atomic E-state index is 11.3. The molecular formula is C11H15N3OS. The molecule has 1 unspecified atom stereocenters. The molecule has 0 radical (unpaired) electrons. The molecule has 4 nitrogen and oxygen atoms in total. The first-order valence-electron chi connectivity index (χ1n) is 5.42. The number of piperidine rings is 1. The Morgan fingerprint density at radius 1 is 1.50 bits per heavy atom. The minimum atomic E-state index is -0.233. The van der Waals surface area contributed by atoms with E-state index in [2.05, 4.69) is 4.98 Å². The highest BCUT2D eigenvalue weighted by Crippen LogP contribution is 2.28. The summed E-state index contributed by atoms with van der Waals surface area (Å²) in [5, 5.41) is 0.913. The van der Waals surface area contributed by atoms with Crippen LogP contribution in [0, 0.1) is 0 Å². The maximum Gasteiger partial charge on any atom is 0.235 e. The van der Waals surface area contributed by atoms with Gasteiger partial charge in [0.05, 0.1) is 6.04 Å². The Hall–Kier alpha value is -1.07. The van der Waals surface area contributed by atoms with Gasteiger partial charge in [-0.1, -0.05) is 12.5 Å². The smallest absolute Gasteiger partial charge is 0.235 e. The van der Waals surface area contributed by atoms with Crippen LogP contribution in [0.1, 0.15) is 19.3 Å². The Kier molecular flexibility index (Phi) is 3.79. The molecule has 2 N–H and O–H groups in total. The van der Waals surface area contributed by atoms with E-state index >= 15 is 0 Å². The molecule has 1 atom stereocenters. The van der Waals surface area contributed by atoms with Crippen molar-refractivity contribution in [1.82, 2.24) is 9.29 Å². The Labute approximate surface area is 99.4 Å². The number of nitrogens with zero attached hydrogens (tertiary/aromatic N) is 2. The summed E-state index contributed by atoms with van der Waals surface area (Å²) < 4.78 is 2.05. The molecule has 1 aromatic rings. The first-order valence-corrected chi connectivity index (χ1v) is 6.19. The average Bonchev–Trinajstić information content (AvgIpc) is 2.31. The van der Waals surface area contributed by atoms with E-state index in [1.807, 2.05) is 22.5 Å². The third-order valence-corrected chi connectivity index (χ3v) is 3.73. The number of aromatic nitrogens is 1. The summed E-state index contributed by atoms with van der Waals surface area (Å²) in [6, 6.07) is 5.61. The first kappa shape index (κ1) is 11.4. The normalized spacial score (nSPS) is 21.9. The lowest BCUT2D eigenvalue weighted by atomic mass is 10.0. The van der Waals surface area contributed by atoms with E-state index in [1.54, 1.807) is 6.20 Å². The van der Waals surface area contributed by atoms with Crippen molar-refractivity contribution in [3.63, 3.8) is 0 Å². The molecule has 1 fully saturated rings. The molecule has 1 saturated heterocycles. The van der Waals surface area contributed by atoms with Crippen molar-refractivity contribution < 1.29 is 4.79 Å². The standard InChI is InChI=1S/C11H15N3OS/c12-11(15)9-5-2-4-8-14(9)16-10-6-1-3-7-13-10/h1,3,6-7,9H,2,4-5,8H2,(H2,12,15). The van der Waals surface area contributed by atoms with Crippen LogP contribution in [-0.2, 0) is 4.79 Å². The number of primary amides is 1. The van der Waals surface area contributed by atoms with Crippen molar-refractivity contribution in [2.24, 2.45) is 5.73 Å². The largest absolute Gasteiger partial charge is 0.368 e. The average molecular weight is 237 g/mol. The van der Waals surface area contributed by atoms with Gasteiger partial charge in [0, 0.05) is 12.7 Å². The SMILES string of the molecule is NC(=O)C1CCCCN1Sc1ccccn1. The van der Waals surface area contributed by atoms with Crippen molar-refractivity contribution in [3.05, 3.63) is 24.4 Å². The number of carbonyl (C=O) groups excluding carboxylic acids is 1. The minimum absolute atomic E-state index is 0.152. The zero-order chi connectivity index (χ0) is 11.4. The Morgan fingerprint density at radius 2 is 2.38 bits per heavy atom. The number of hydrogen-bond acceptors (Lipinski definition) is 4. The Balaban J connectivity index is 2.04. The van der Waals surface area contributed by atoms with Crippen LogP contribution in [0.25, 0.3) is 0 Å². The molecule has 1 aliphatic rings. The fraction of sp³-hybridized carbons (Fsp3) is 0.455. The minimum Gasteiger partial charge on any atom is -0.368 e. The molecule has 1 amide bonds.